The van der Waals surface area contributed by atoms with Crippen molar-refractivity contribution in [1.82, 2.24) is 9.55 Å². The van der Waals surface area contributed by atoms with E-state index in [0.717, 1.165) is 11.0 Å². The summed E-state index contributed by atoms with van der Waals surface area (Å²) >= 11 is 5.43. The number of hydrogen-bond acceptors (Lipinski definition) is 1. The first-order valence-electron chi connectivity index (χ1n) is 6.94. The molecular weight excluding hydrogens is 283 g/mol. The zero-order valence-corrected chi connectivity index (χ0v) is 13.1. The molecule has 1 unspecified atom stereocenters. The fraction of sp³-hybridized carbons (Fsp3) is 0.235. The van der Waals surface area contributed by atoms with E-state index in [9.17, 15) is 4.39 Å². The van der Waals surface area contributed by atoms with Crippen LogP contribution in [-0.2, 0) is 0 Å². The van der Waals surface area contributed by atoms with Crippen molar-refractivity contribution in [2.24, 2.45) is 0 Å². The maximum Gasteiger partial charge on any atom is 0.178 e. The van der Waals surface area contributed by atoms with Crippen molar-refractivity contribution in [3.63, 3.8) is 0 Å². The molecule has 1 atom stereocenters. The van der Waals surface area contributed by atoms with Crippen molar-refractivity contribution in [3.8, 4) is 0 Å². The maximum atomic E-state index is 13.7. The fourth-order valence-corrected chi connectivity index (χ4v) is 3.00. The zero-order chi connectivity index (χ0) is 15.1. The van der Waals surface area contributed by atoms with E-state index in [2.05, 4.69) is 43.1 Å². The average Bonchev–Trinajstić information content (AvgIpc) is 2.75. The van der Waals surface area contributed by atoms with Crippen LogP contribution in [0.5, 0.6) is 0 Å². The van der Waals surface area contributed by atoms with Gasteiger partial charge in [0, 0.05) is 0 Å². The zero-order valence-electron chi connectivity index (χ0n) is 12.3. The number of aromatic nitrogens is 2. The van der Waals surface area contributed by atoms with E-state index in [-0.39, 0.29) is 11.9 Å². The van der Waals surface area contributed by atoms with Gasteiger partial charge in [-0.3, -0.25) is 0 Å². The molecule has 2 nitrogen and oxygen atoms in total. The van der Waals surface area contributed by atoms with E-state index in [4.69, 9.17) is 12.2 Å². The molecule has 4 heteroatoms. The molecule has 3 rings (SSSR count). The Morgan fingerprint density at radius 2 is 1.81 bits per heavy atom. The normalized spacial score (nSPS) is 12.8. The molecule has 0 aliphatic heterocycles. The number of benzene rings is 2. The standard InChI is InChI=1S/C17H17FN2S/c1-10-4-6-13(7-5-10)12(3)20-16-8-11(2)14(18)9-15(16)19-17(20)21/h4-9,12H,1-3H3,(H,19,21). The summed E-state index contributed by atoms with van der Waals surface area (Å²) in [6.07, 6.45) is 0. The van der Waals surface area contributed by atoms with Crippen LogP contribution in [0.15, 0.2) is 36.4 Å². The van der Waals surface area contributed by atoms with Crippen molar-refractivity contribution in [1.29, 1.82) is 0 Å². The smallest absolute Gasteiger partial charge is 0.178 e. The lowest BCUT2D eigenvalue weighted by Crippen LogP contribution is -2.07. The Balaban J connectivity index is 2.19. The Morgan fingerprint density at radius 3 is 2.48 bits per heavy atom. The Labute approximate surface area is 128 Å². The van der Waals surface area contributed by atoms with E-state index in [1.807, 2.05) is 10.6 Å². The van der Waals surface area contributed by atoms with E-state index < -0.39 is 0 Å². The van der Waals surface area contributed by atoms with E-state index in [0.29, 0.717) is 10.3 Å². The van der Waals surface area contributed by atoms with Gasteiger partial charge in [0.2, 0.25) is 0 Å². The minimum Gasteiger partial charge on any atom is -0.330 e. The summed E-state index contributed by atoms with van der Waals surface area (Å²) in [6, 6.07) is 11.9. The molecule has 0 saturated heterocycles. The summed E-state index contributed by atoms with van der Waals surface area (Å²) in [5.41, 5.74) is 4.71. The van der Waals surface area contributed by atoms with E-state index in [1.165, 1.54) is 17.2 Å². The van der Waals surface area contributed by atoms with Crippen molar-refractivity contribution in [2.45, 2.75) is 26.8 Å². The molecule has 108 valence electrons. The summed E-state index contributed by atoms with van der Waals surface area (Å²) in [5.74, 6) is -0.214. The maximum absolute atomic E-state index is 13.7. The highest BCUT2D eigenvalue weighted by molar-refractivity contribution is 7.71. The minimum absolute atomic E-state index is 0.0942. The number of H-pyrrole nitrogens is 1. The Bertz CT molecular complexity index is 859. The van der Waals surface area contributed by atoms with Crippen LogP contribution in [0.2, 0.25) is 0 Å². The third kappa shape index (κ3) is 2.40. The molecule has 0 fully saturated rings. The number of aryl methyl sites for hydroxylation is 2. The van der Waals surface area contributed by atoms with Gasteiger partial charge in [-0.2, -0.15) is 0 Å². The lowest BCUT2D eigenvalue weighted by atomic mass is 10.1. The van der Waals surface area contributed by atoms with Gasteiger partial charge in [-0.25, -0.2) is 4.39 Å². The Hall–Kier alpha value is -1.94. The van der Waals surface area contributed by atoms with E-state index in [1.54, 1.807) is 6.92 Å². The summed E-state index contributed by atoms with van der Waals surface area (Å²) in [7, 11) is 0. The van der Waals surface area contributed by atoms with Crippen LogP contribution in [0, 0.1) is 24.4 Å². The molecule has 2 aromatic carbocycles. The van der Waals surface area contributed by atoms with Gasteiger partial charge in [-0.15, -0.1) is 0 Å². The number of nitrogens with one attached hydrogen (secondary N) is 1. The average molecular weight is 300 g/mol. The van der Waals surface area contributed by atoms with Gasteiger partial charge in [-0.1, -0.05) is 29.8 Å². The molecular formula is C17H17FN2S. The highest BCUT2D eigenvalue weighted by atomic mass is 32.1. The van der Waals surface area contributed by atoms with Gasteiger partial charge in [0.1, 0.15) is 5.82 Å². The second-order valence-corrected chi connectivity index (χ2v) is 5.89. The molecule has 1 N–H and O–H groups in total. The molecule has 0 saturated carbocycles. The lowest BCUT2D eigenvalue weighted by molar-refractivity contribution is 0.619. The van der Waals surface area contributed by atoms with Crippen LogP contribution >= 0.6 is 12.2 Å². The van der Waals surface area contributed by atoms with Gasteiger partial charge in [0.15, 0.2) is 4.77 Å². The van der Waals surface area contributed by atoms with Gasteiger partial charge in [0.25, 0.3) is 0 Å². The summed E-state index contributed by atoms with van der Waals surface area (Å²) in [5, 5.41) is 0. The van der Waals surface area contributed by atoms with Gasteiger partial charge >= 0.3 is 0 Å². The summed E-state index contributed by atoms with van der Waals surface area (Å²) in [4.78, 5) is 3.09. The third-order valence-electron chi connectivity index (χ3n) is 3.94. The number of imidazole rings is 1. The molecule has 0 aliphatic carbocycles. The van der Waals surface area contributed by atoms with Crippen LogP contribution in [0.3, 0.4) is 0 Å². The topological polar surface area (TPSA) is 20.7 Å². The minimum atomic E-state index is -0.214. The lowest BCUT2D eigenvalue weighted by Gasteiger charge is -2.15. The molecule has 0 aliphatic rings. The predicted octanol–water partition coefficient (Wildman–Crippen LogP) is 5.06. The second-order valence-electron chi connectivity index (χ2n) is 5.51. The fourth-order valence-electron chi connectivity index (χ4n) is 2.63. The van der Waals surface area contributed by atoms with Crippen LogP contribution in [0.25, 0.3) is 11.0 Å². The SMILES string of the molecule is Cc1ccc(C(C)n2c(=S)[nH]c3cc(F)c(C)cc32)cc1. The number of rotatable bonds is 2. The largest absolute Gasteiger partial charge is 0.330 e. The van der Waals surface area contributed by atoms with Gasteiger partial charge in [0.05, 0.1) is 17.1 Å². The molecule has 3 aromatic rings. The number of aromatic amines is 1. The highest BCUT2D eigenvalue weighted by Gasteiger charge is 2.14. The third-order valence-corrected chi connectivity index (χ3v) is 4.24. The number of hydrogen-bond donors (Lipinski definition) is 1. The summed E-state index contributed by atoms with van der Waals surface area (Å²) < 4.78 is 16.4. The molecule has 21 heavy (non-hydrogen) atoms. The van der Waals surface area contributed by atoms with Gasteiger partial charge in [-0.05, 0) is 56.2 Å². The molecule has 0 bridgehead atoms. The predicted molar refractivity (Wildman–Crippen MR) is 86.8 cm³/mol. The van der Waals surface area contributed by atoms with Crippen LogP contribution < -0.4 is 0 Å². The van der Waals surface area contributed by atoms with Gasteiger partial charge < -0.3 is 9.55 Å². The first kappa shape index (κ1) is 14.0. The Kier molecular flexibility index (Phi) is 3.41. The molecule has 1 heterocycles. The molecule has 0 spiro atoms. The first-order valence-corrected chi connectivity index (χ1v) is 7.35. The van der Waals surface area contributed by atoms with Crippen molar-refractivity contribution >= 4 is 23.3 Å². The number of nitrogens with zero attached hydrogens (tertiary/aromatic N) is 1. The van der Waals surface area contributed by atoms with Crippen molar-refractivity contribution in [2.75, 3.05) is 0 Å². The van der Waals surface area contributed by atoms with Crippen molar-refractivity contribution in [3.05, 3.63) is 63.7 Å². The number of fused-ring (bicyclic) bond motifs is 1. The van der Waals surface area contributed by atoms with Crippen LogP contribution in [-0.4, -0.2) is 9.55 Å². The molecule has 0 amide bonds. The Morgan fingerprint density at radius 1 is 1.14 bits per heavy atom. The first-order chi connectivity index (χ1) is 9.97. The highest BCUT2D eigenvalue weighted by Crippen LogP contribution is 2.26. The molecule has 1 aromatic heterocycles. The quantitative estimate of drug-likeness (QED) is 0.656. The van der Waals surface area contributed by atoms with Crippen LogP contribution in [0.4, 0.5) is 4.39 Å². The monoisotopic (exact) mass is 300 g/mol. The van der Waals surface area contributed by atoms with E-state index >= 15 is 0 Å². The second kappa shape index (κ2) is 5.11. The van der Waals surface area contributed by atoms with Crippen LogP contribution in [0.1, 0.15) is 29.7 Å². The number of halogens is 1. The van der Waals surface area contributed by atoms with Crippen molar-refractivity contribution < 1.29 is 4.39 Å². The molecule has 0 radical (unpaired) electrons. The summed E-state index contributed by atoms with van der Waals surface area (Å²) in [6.45, 7) is 5.94.